The summed E-state index contributed by atoms with van der Waals surface area (Å²) in [6.07, 6.45) is 1.16. The molecule has 21 heavy (non-hydrogen) atoms. The van der Waals surface area contributed by atoms with Gasteiger partial charge >= 0.3 is 0 Å². The van der Waals surface area contributed by atoms with Crippen LogP contribution in [-0.4, -0.2) is 38.3 Å². The van der Waals surface area contributed by atoms with Crippen LogP contribution in [0.1, 0.15) is 51.6 Å². The van der Waals surface area contributed by atoms with Crippen molar-refractivity contribution in [3.8, 4) is 0 Å². The molecule has 122 valence electrons. The third kappa shape index (κ3) is 5.57. The monoisotopic (exact) mass is 313 g/mol. The van der Waals surface area contributed by atoms with Crippen LogP contribution in [0.4, 0.5) is 5.13 Å². The van der Waals surface area contributed by atoms with Gasteiger partial charge in [0.15, 0.2) is 5.13 Å². The average Bonchev–Trinajstić information content (AvgIpc) is 2.84. The second-order valence-electron chi connectivity index (χ2n) is 6.27. The van der Waals surface area contributed by atoms with Gasteiger partial charge in [-0.15, -0.1) is 11.3 Å². The highest BCUT2D eigenvalue weighted by Crippen LogP contribution is 2.33. The molecule has 4 nitrogen and oxygen atoms in total. The highest BCUT2D eigenvalue weighted by Gasteiger charge is 2.24. The van der Waals surface area contributed by atoms with Gasteiger partial charge < -0.3 is 15.0 Å². The first-order valence-electron chi connectivity index (χ1n) is 7.88. The van der Waals surface area contributed by atoms with Crippen molar-refractivity contribution in [2.24, 2.45) is 0 Å². The molecule has 0 aliphatic heterocycles. The third-order valence-corrected chi connectivity index (χ3v) is 4.44. The Hall–Kier alpha value is -0.650. The normalized spacial score (nSPS) is 11.9. The fourth-order valence-corrected chi connectivity index (χ4v) is 3.48. The molecule has 1 aromatic rings. The Morgan fingerprint density at radius 1 is 1.29 bits per heavy atom. The highest BCUT2D eigenvalue weighted by atomic mass is 32.1. The number of likely N-dealkylation sites (N-methyl/N-ethyl adjacent to an activating group) is 1. The van der Waals surface area contributed by atoms with Crippen molar-refractivity contribution < 1.29 is 4.74 Å². The Kier molecular flexibility index (Phi) is 7.63. The highest BCUT2D eigenvalue weighted by molar-refractivity contribution is 7.15. The van der Waals surface area contributed by atoms with Crippen molar-refractivity contribution in [2.45, 2.75) is 53.0 Å². The van der Waals surface area contributed by atoms with Crippen LogP contribution in [0, 0.1) is 0 Å². The zero-order chi connectivity index (χ0) is 15.9. The first-order chi connectivity index (χ1) is 9.93. The first-order valence-corrected chi connectivity index (χ1v) is 8.70. The van der Waals surface area contributed by atoms with Crippen LogP contribution in [-0.2, 0) is 16.7 Å². The van der Waals surface area contributed by atoms with Crippen molar-refractivity contribution in [2.75, 3.05) is 38.3 Å². The molecule has 0 aromatic carbocycles. The molecule has 0 spiro atoms. The fourth-order valence-electron chi connectivity index (χ4n) is 2.15. The second-order valence-corrected chi connectivity index (χ2v) is 7.33. The van der Waals surface area contributed by atoms with Gasteiger partial charge in [-0.2, -0.15) is 0 Å². The lowest BCUT2D eigenvalue weighted by Crippen LogP contribution is -2.27. The van der Waals surface area contributed by atoms with Crippen LogP contribution in [0.2, 0.25) is 0 Å². The Balaban J connectivity index is 2.95. The quantitative estimate of drug-likeness (QED) is 0.709. The lowest BCUT2D eigenvalue weighted by molar-refractivity contribution is 0.205. The number of aromatic nitrogens is 1. The minimum absolute atomic E-state index is 0.0820. The number of nitrogens with zero attached hydrogens (tertiary/aromatic N) is 2. The van der Waals surface area contributed by atoms with E-state index in [-0.39, 0.29) is 5.41 Å². The van der Waals surface area contributed by atoms with E-state index in [9.17, 15) is 0 Å². The molecule has 0 aliphatic rings. The molecule has 1 heterocycles. The molecule has 1 aromatic heterocycles. The standard InChI is InChI=1S/C16H31N3OS/c1-7-9-17-12-13-14(16(3,4)5)18-15(21-13)19(8-2)10-11-20-6/h17H,7-12H2,1-6H3. The number of methoxy groups -OCH3 is 1. The molecule has 5 heteroatoms. The van der Waals surface area contributed by atoms with E-state index >= 15 is 0 Å². The number of hydrogen-bond acceptors (Lipinski definition) is 5. The molecule has 0 saturated carbocycles. The number of ether oxygens (including phenoxy) is 1. The van der Waals surface area contributed by atoms with E-state index < -0.39 is 0 Å². The molecule has 0 atom stereocenters. The van der Waals surface area contributed by atoms with Gasteiger partial charge in [-0.1, -0.05) is 27.7 Å². The maximum absolute atomic E-state index is 5.20. The van der Waals surface area contributed by atoms with Gasteiger partial charge in [0, 0.05) is 37.0 Å². The molecule has 0 fully saturated rings. The molecule has 0 radical (unpaired) electrons. The third-order valence-electron chi connectivity index (χ3n) is 3.33. The van der Waals surface area contributed by atoms with Crippen LogP contribution in [0.5, 0.6) is 0 Å². The van der Waals surface area contributed by atoms with Crippen LogP contribution in [0.25, 0.3) is 0 Å². The molecule has 0 aliphatic carbocycles. The first kappa shape index (κ1) is 18.4. The smallest absolute Gasteiger partial charge is 0.185 e. The van der Waals surface area contributed by atoms with Gasteiger partial charge in [-0.3, -0.25) is 0 Å². The van der Waals surface area contributed by atoms with Crippen molar-refractivity contribution in [3.05, 3.63) is 10.6 Å². The van der Waals surface area contributed by atoms with Crippen LogP contribution < -0.4 is 10.2 Å². The van der Waals surface area contributed by atoms with Crippen LogP contribution in [0.3, 0.4) is 0 Å². The predicted octanol–water partition coefficient (Wildman–Crippen LogP) is 3.41. The Labute approximate surface area is 133 Å². The van der Waals surface area contributed by atoms with Gasteiger partial charge in [0.25, 0.3) is 0 Å². The van der Waals surface area contributed by atoms with Gasteiger partial charge in [0.05, 0.1) is 12.3 Å². The van der Waals surface area contributed by atoms with Gasteiger partial charge in [-0.05, 0) is 19.9 Å². The van der Waals surface area contributed by atoms with E-state index in [1.54, 1.807) is 7.11 Å². The number of nitrogens with one attached hydrogen (secondary N) is 1. The fraction of sp³-hybridized carbons (Fsp3) is 0.812. The molecule has 1 N–H and O–H groups in total. The number of thiazole rings is 1. The topological polar surface area (TPSA) is 37.4 Å². The van der Waals surface area contributed by atoms with Crippen molar-refractivity contribution in [3.63, 3.8) is 0 Å². The Morgan fingerprint density at radius 3 is 2.52 bits per heavy atom. The van der Waals surface area contributed by atoms with Crippen molar-refractivity contribution in [1.29, 1.82) is 0 Å². The van der Waals surface area contributed by atoms with Crippen molar-refractivity contribution in [1.82, 2.24) is 10.3 Å². The van der Waals surface area contributed by atoms with Crippen molar-refractivity contribution >= 4 is 16.5 Å². The average molecular weight is 314 g/mol. The van der Waals surface area contributed by atoms with E-state index in [1.165, 1.54) is 10.6 Å². The maximum atomic E-state index is 5.20. The maximum Gasteiger partial charge on any atom is 0.185 e. The number of anilines is 1. The molecule has 1 rings (SSSR count). The summed E-state index contributed by atoms with van der Waals surface area (Å²) in [6, 6.07) is 0. The minimum Gasteiger partial charge on any atom is -0.383 e. The largest absolute Gasteiger partial charge is 0.383 e. The molecular formula is C16H31N3OS. The molecular weight excluding hydrogens is 282 g/mol. The lowest BCUT2D eigenvalue weighted by Gasteiger charge is -2.20. The van der Waals surface area contributed by atoms with E-state index in [2.05, 4.69) is 44.8 Å². The lowest BCUT2D eigenvalue weighted by atomic mass is 9.91. The molecule has 0 saturated heterocycles. The van der Waals surface area contributed by atoms with Crippen LogP contribution in [0.15, 0.2) is 0 Å². The van der Waals surface area contributed by atoms with Gasteiger partial charge in [0.2, 0.25) is 0 Å². The summed E-state index contributed by atoms with van der Waals surface area (Å²) >= 11 is 1.82. The summed E-state index contributed by atoms with van der Waals surface area (Å²) in [6.45, 7) is 15.6. The van der Waals surface area contributed by atoms with Gasteiger partial charge in [-0.25, -0.2) is 4.98 Å². The zero-order valence-corrected chi connectivity index (χ0v) is 15.3. The summed E-state index contributed by atoms with van der Waals surface area (Å²) in [5.41, 5.74) is 1.31. The zero-order valence-electron chi connectivity index (χ0n) is 14.5. The minimum atomic E-state index is 0.0820. The van der Waals surface area contributed by atoms with E-state index in [0.717, 1.165) is 44.3 Å². The van der Waals surface area contributed by atoms with E-state index in [0.29, 0.717) is 0 Å². The molecule has 0 unspecified atom stereocenters. The Morgan fingerprint density at radius 2 is 2.00 bits per heavy atom. The van der Waals surface area contributed by atoms with E-state index in [1.807, 2.05) is 11.3 Å². The second kappa shape index (κ2) is 8.71. The summed E-state index contributed by atoms with van der Waals surface area (Å²) in [5, 5.41) is 4.62. The summed E-state index contributed by atoms with van der Waals surface area (Å²) in [5.74, 6) is 0. The molecule has 0 amide bonds. The molecule has 0 bridgehead atoms. The predicted molar refractivity (Wildman–Crippen MR) is 92.6 cm³/mol. The number of rotatable bonds is 9. The summed E-state index contributed by atoms with van der Waals surface area (Å²) in [7, 11) is 1.75. The summed E-state index contributed by atoms with van der Waals surface area (Å²) < 4.78 is 5.20. The SMILES string of the molecule is CCCNCc1sc(N(CC)CCOC)nc1C(C)(C)C. The van der Waals surface area contributed by atoms with E-state index in [4.69, 9.17) is 9.72 Å². The van der Waals surface area contributed by atoms with Gasteiger partial charge in [0.1, 0.15) is 0 Å². The Bertz CT molecular complexity index is 412. The summed E-state index contributed by atoms with van der Waals surface area (Å²) in [4.78, 5) is 8.59. The van der Waals surface area contributed by atoms with Crippen LogP contribution >= 0.6 is 11.3 Å². The number of hydrogen-bond donors (Lipinski definition) is 1.